The van der Waals surface area contributed by atoms with Crippen LogP contribution in [0, 0.1) is 0 Å². The normalized spacial score (nSPS) is 13.6. The van der Waals surface area contributed by atoms with E-state index in [1.54, 1.807) is 0 Å². The quantitative estimate of drug-likeness (QED) is 0.362. The minimum atomic E-state index is -0.0831. The Morgan fingerprint density at radius 2 is 1.48 bits per heavy atom. The second kappa shape index (κ2) is 9.40. The van der Waals surface area contributed by atoms with E-state index in [2.05, 4.69) is 74.5 Å². The highest BCUT2D eigenvalue weighted by Crippen LogP contribution is 2.50. The molecule has 0 N–H and O–H groups in total. The van der Waals surface area contributed by atoms with Crippen molar-refractivity contribution in [2.45, 2.75) is 38.5 Å². The van der Waals surface area contributed by atoms with E-state index >= 15 is 0 Å². The van der Waals surface area contributed by atoms with Crippen LogP contribution >= 0.6 is 19.2 Å². The molecule has 140 valence electrons. The zero-order valence-electron chi connectivity index (χ0n) is 15.9. The topological polar surface area (TPSA) is 9.23 Å². The van der Waals surface area contributed by atoms with E-state index in [4.69, 9.17) is 16.0 Å². The molecule has 3 rings (SSSR count). The third kappa shape index (κ3) is 4.92. The highest BCUT2D eigenvalue weighted by atomic mass is 35.7. The largest absolute Gasteiger partial charge is 0.488 e. The zero-order chi connectivity index (χ0) is 19.1. The highest BCUT2D eigenvalue weighted by molar-refractivity contribution is 7.69. The van der Waals surface area contributed by atoms with Gasteiger partial charge in [0.2, 0.25) is 0 Å². The van der Waals surface area contributed by atoms with Gasteiger partial charge >= 0.3 is 0 Å². The Morgan fingerprint density at radius 3 is 2.07 bits per heavy atom. The fraction of sp³-hybridized carbons (Fsp3) is 0.250. The molecule has 0 aliphatic rings. The lowest BCUT2D eigenvalue weighted by molar-refractivity contribution is 0.297. The lowest BCUT2D eigenvalue weighted by Gasteiger charge is -2.29. The van der Waals surface area contributed by atoms with E-state index in [-0.39, 0.29) is 5.16 Å². The molecule has 0 fully saturated rings. The number of hydrogen-bond acceptors (Lipinski definition) is 1. The summed E-state index contributed by atoms with van der Waals surface area (Å²) in [4.78, 5) is 0. The molecule has 2 unspecified atom stereocenters. The van der Waals surface area contributed by atoms with Gasteiger partial charge in [-0.1, -0.05) is 104 Å². The van der Waals surface area contributed by atoms with Crippen LogP contribution in [0.25, 0.3) is 0 Å². The number of rotatable bonds is 8. The number of para-hydroxylation sites is 1. The van der Waals surface area contributed by atoms with Gasteiger partial charge in [0.1, 0.15) is 12.4 Å². The van der Waals surface area contributed by atoms with E-state index in [0.29, 0.717) is 14.5 Å². The summed E-state index contributed by atoms with van der Waals surface area (Å²) in [6.45, 7) is 4.99. The van der Waals surface area contributed by atoms with Crippen LogP contribution in [0.2, 0.25) is 0 Å². The first kappa shape index (κ1) is 19.9. The number of benzene rings is 3. The van der Waals surface area contributed by atoms with Crippen molar-refractivity contribution in [3.05, 3.63) is 101 Å². The van der Waals surface area contributed by atoms with Crippen molar-refractivity contribution in [3.8, 4) is 5.75 Å². The van der Waals surface area contributed by atoms with Crippen molar-refractivity contribution >= 4 is 19.2 Å². The Kier molecular flexibility index (Phi) is 6.94. The van der Waals surface area contributed by atoms with Gasteiger partial charge in [-0.05, 0) is 31.0 Å². The second-order valence-electron chi connectivity index (χ2n) is 7.01. The van der Waals surface area contributed by atoms with Gasteiger partial charge in [0, 0.05) is 17.1 Å². The minimum absolute atomic E-state index is 0.0831. The van der Waals surface area contributed by atoms with Crippen LogP contribution in [0.15, 0.2) is 78.9 Å². The Hall–Kier alpha value is -1.82. The van der Waals surface area contributed by atoms with E-state index in [1.807, 2.05) is 18.2 Å². The third-order valence-electron chi connectivity index (χ3n) is 5.07. The predicted octanol–water partition coefficient (Wildman–Crippen LogP) is 7.31. The maximum atomic E-state index is 6.42. The molecule has 3 heteroatoms. The van der Waals surface area contributed by atoms with Crippen molar-refractivity contribution in [1.82, 2.24) is 0 Å². The predicted molar refractivity (Wildman–Crippen MR) is 118 cm³/mol. The van der Waals surface area contributed by atoms with E-state index in [1.165, 1.54) is 22.3 Å². The van der Waals surface area contributed by atoms with Crippen LogP contribution in [-0.4, -0.2) is 0 Å². The summed E-state index contributed by atoms with van der Waals surface area (Å²) in [7, 11) is 0.303. The number of halogens is 1. The number of ether oxygens (including phenoxy) is 1. The smallest absolute Gasteiger partial charge is 0.127 e. The average Bonchev–Trinajstić information content (AvgIpc) is 2.73. The van der Waals surface area contributed by atoms with Crippen LogP contribution in [0.3, 0.4) is 0 Å². The molecule has 3 aromatic carbocycles. The molecular weight excluding hydrogens is 371 g/mol. The SMILES string of the molecule is CCC(C)(PCl)c1cccc(Cc2ccccc2)c1OCc1ccccc1. The van der Waals surface area contributed by atoms with E-state index in [0.717, 1.165) is 18.6 Å². The molecule has 0 radical (unpaired) electrons. The van der Waals surface area contributed by atoms with Crippen LogP contribution < -0.4 is 4.74 Å². The van der Waals surface area contributed by atoms with Crippen molar-refractivity contribution in [2.24, 2.45) is 0 Å². The van der Waals surface area contributed by atoms with Gasteiger partial charge in [0.25, 0.3) is 0 Å². The maximum Gasteiger partial charge on any atom is 0.127 e. The van der Waals surface area contributed by atoms with E-state index in [9.17, 15) is 0 Å². The molecule has 3 aromatic rings. The maximum absolute atomic E-state index is 6.42. The molecule has 0 aromatic heterocycles. The molecule has 0 heterocycles. The van der Waals surface area contributed by atoms with Gasteiger partial charge < -0.3 is 4.74 Å². The minimum Gasteiger partial charge on any atom is -0.488 e. The molecule has 0 bridgehead atoms. The first-order valence-corrected chi connectivity index (χ1v) is 11.4. The summed E-state index contributed by atoms with van der Waals surface area (Å²) in [5, 5.41) is -0.0831. The summed E-state index contributed by atoms with van der Waals surface area (Å²) >= 11 is 6.42. The average molecular weight is 397 g/mol. The highest BCUT2D eigenvalue weighted by Gasteiger charge is 2.28. The number of hydrogen-bond donors (Lipinski definition) is 0. The molecule has 0 aliphatic heterocycles. The fourth-order valence-corrected chi connectivity index (χ4v) is 4.32. The summed E-state index contributed by atoms with van der Waals surface area (Å²) < 4.78 is 6.42. The van der Waals surface area contributed by atoms with Gasteiger partial charge in [-0.3, -0.25) is 0 Å². The zero-order valence-corrected chi connectivity index (χ0v) is 17.7. The van der Waals surface area contributed by atoms with Crippen molar-refractivity contribution in [1.29, 1.82) is 0 Å². The first-order valence-electron chi connectivity index (χ1n) is 9.37. The Bertz CT molecular complexity index is 845. The van der Waals surface area contributed by atoms with Crippen LogP contribution in [-0.2, 0) is 18.2 Å². The second-order valence-corrected chi connectivity index (χ2v) is 8.87. The Balaban J connectivity index is 1.98. The molecule has 0 spiro atoms. The molecular formula is C24H26ClOP. The molecule has 1 nitrogen and oxygen atoms in total. The van der Waals surface area contributed by atoms with Crippen LogP contribution in [0.5, 0.6) is 5.75 Å². The molecule has 27 heavy (non-hydrogen) atoms. The van der Waals surface area contributed by atoms with Crippen molar-refractivity contribution in [2.75, 3.05) is 0 Å². The summed E-state index contributed by atoms with van der Waals surface area (Å²) in [5.74, 6) is 0.989. The van der Waals surface area contributed by atoms with Gasteiger partial charge in [-0.2, -0.15) is 0 Å². The fourth-order valence-electron chi connectivity index (χ4n) is 3.18. The van der Waals surface area contributed by atoms with Gasteiger partial charge in [0.05, 0.1) is 0 Å². The molecule has 0 saturated heterocycles. The van der Waals surface area contributed by atoms with Crippen LogP contribution in [0.1, 0.15) is 42.5 Å². The monoisotopic (exact) mass is 396 g/mol. The van der Waals surface area contributed by atoms with Gasteiger partial charge in [-0.25, -0.2) is 0 Å². The van der Waals surface area contributed by atoms with Crippen molar-refractivity contribution < 1.29 is 4.74 Å². The molecule has 0 saturated carbocycles. The molecule has 0 amide bonds. The van der Waals surface area contributed by atoms with Gasteiger partial charge in [-0.15, -0.1) is 0 Å². The first-order chi connectivity index (χ1) is 13.2. The van der Waals surface area contributed by atoms with Crippen LogP contribution in [0.4, 0.5) is 0 Å². The Morgan fingerprint density at radius 1 is 0.852 bits per heavy atom. The third-order valence-corrected chi connectivity index (χ3v) is 7.36. The molecule has 2 atom stereocenters. The standard InChI is InChI=1S/C24H26ClOP/c1-3-24(2,27-25)22-16-10-15-21(17-19-11-6-4-7-12-19)23(22)26-18-20-13-8-5-9-14-20/h4-16,27H,3,17-18H2,1-2H3. The summed E-state index contributed by atoms with van der Waals surface area (Å²) in [5.41, 5.74) is 4.88. The summed E-state index contributed by atoms with van der Waals surface area (Å²) in [6.07, 6.45) is 1.83. The lowest BCUT2D eigenvalue weighted by atomic mass is 9.92. The Labute approximate surface area is 169 Å². The van der Waals surface area contributed by atoms with Gasteiger partial charge in [0.15, 0.2) is 0 Å². The van der Waals surface area contributed by atoms with Crippen molar-refractivity contribution in [3.63, 3.8) is 0 Å². The molecule has 0 aliphatic carbocycles. The lowest BCUT2D eigenvalue weighted by Crippen LogP contribution is -2.16. The summed E-state index contributed by atoms with van der Waals surface area (Å²) in [6, 6.07) is 27.3. The van der Waals surface area contributed by atoms with E-state index < -0.39 is 0 Å².